The molecule has 0 aliphatic heterocycles. The lowest BCUT2D eigenvalue weighted by Crippen LogP contribution is -2.36. The summed E-state index contributed by atoms with van der Waals surface area (Å²) in [6.45, 7) is 5.33. The molecular weight excluding hydrogens is 224 g/mol. The van der Waals surface area contributed by atoms with Crippen molar-refractivity contribution >= 4 is 5.91 Å². The lowest BCUT2D eigenvalue weighted by molar-refractivity contribution is -0.125. The van der Waals surface area contributed by atoms with Gasteiger partial charge in [0.1, 0.15) is 0 Å². The molecule has 18 heavy (non-hydrogen) atoms. The molecule has 1 rings (SSSR count). The van der Waals surface area contributed by atoms with E-state index < -0.39 is 0 Å². The molecule has 1 atom stereocenters. The van der Waals surface area contributed by atoms with Crippen molar-refractivity contribution in [1.29, 1.82) is 0 Å². The Labute approximate surface area is 110 Å². The summed E-state index contributed by atoms with van der Waals surface area (Å²) in [5, 5.41) is 2.97. The van der Waals surface area contributed by atoms with Crippen LogP contribution >= 0.6 is 0 Å². The van der Waals surface area contributed by atoms with Crippen molar-refractivity contribution in [2.24, 2.45) is 17.6 Å². The van der Waals surface area contributed by atoms with Crippen LogP contribution in [0.4, 0.5) is 0 Å². The van der Waals surface area contributed by atoms with Gasteiger partial charge in [0.25, 0.3) is 0 Å². The summed E-state index contributed by atoms with van der Waals surface area (Å²) in [6.07, 6.45) is 1.72. The van der Waals surface area contributed by atoms with E-state index in [0.717, 1.165) is 12.8 Å². The Morgan fingerprint density at radius 3 is 2.50 bits per heavy atom. The van der Waals surface area contributed by atoms with E-state index >= 15 is 0 Å². The molecule has 0 spiro atoms. The van der Waals surface area contributed by atoms with Crippen molar-refractivity contribution in [1.82, 2.24) is 5.32 Å². The summed E-state index contributed by atoms with van der Waals surface area (Å²) in [7, 11) is 0. The Morgan fingerprint density at radius 2 is 1.94 bits per heavy atom. The highest BCUT2D eigenvalue weighted by molar-refractivity contribution is 5.78. The summed E-state index contributed by atoms with van der Waals surface area (Å²) < 4.78 is 0. The first-order valence-corrected chi connectivity index (χ1v) is 6.65. The Kier molecular flexibility index (Phi) is 6.44. The number of benzene rings is 1. The van der Waals surface area contributed by atoms with Crippen LogP contribution in [0.5, 0.6) is 0 Å². The van der Waals surface area contributed by atoms with Gasteiger partial charge in [0, 0.05) is 13.1 Å². The van der Waals surface area contributed by atoms with Crippen LogP contribution in [0, 0.1) is 11.8 Å². The van der Waals surface area contributed by atoms with Gasteiger partial charge in [-0.15, -0.1) is 0 Å². The van der Waals surface area contributed by atoms with Crippen LogP contribution in [-0.2, 0) is 11.2 Å². The number of nitrogens with two attached hydrogens (primary N) is 1. The van der Waals surface area contributed by atoms with Gasteiger partial charge in [-0.2, -0.15) is 0 Å². The Morgan fingerprint density at radius 1 is 1.28 bits per heavy atom. The number of amides is 1. The highest BCUT2D eigenvalue weighted by Gasteiger charge is 2.17. The molecule has 3 heteroatoms. The molecule has 3 N–H and O–H groups in total. The van der Waals surface area contributed by atoms with Gasteiger partial charge in [-0.05, 0) is 24.3 Å². The minimum Gasteiger partial charge on any atom is -0.355 e. The minimum absolute atomic E-state index is 0.0548. The minimum atomic E-state index is -0.0548. The molecule has 0 radical (unpaired) electrons. The third-order valence-corrected chi connectivity index (χ3v) is 2.97. The van der Waals surface area contributed by atoms with Crippen molar-refractivity contribution in [2.45, 2.75) is 26.7 Å². The van der Waals surface area contributed by atoms with Gasteiger partial charge in [0.05, 0.1) is 5.92 Å². The predicted octanol–water partition coefficient (Wildman–Crippen LogP) is 1.97. The van der Waals surface area contributed by atoms with Gasteiger partial charge in [-0.25, -0.2) is 0 Å². The van der Waals surface area contributed by atoms with E-state index in [1.165, 1.54) is 5.56 Å². The average Bonchev–Trinajstić information content (AvgIpc) is 2.36. The summed E-state index contributed by atoms with van der Waals surface area (Å²) in [5.41, 5.74) is 6.89. The molecule has 1 amide bonds. The molecule has 1 unspecified atom stereocenters. The van der Waals surface area contributed by atoms with Crippen LogP contribution in [0.2, 0.25) is 0 Å². The smallest absolute Gasteiger partial charge is 0.224 e. The lowest BCUT2D eigenvalue weighted by atomic mass is 9.96. The van der Waals surface area contributed by atoms with E-state index in [-0.39, 0.29) is 11.8 Å². The van der Waals surface area contributed by atoms with Crippen LogP contribution in [0.25, 0.3) is 0 Å². The van der Waals surface area contributed by atoms with Crippen LogP contribution < -0.4 is 11.1 Å². The fourth-order valence-electron chi connectivity index (χ4n) is 2.00. The quantitative estimate of drug-likeness (QED) is 0.775. The summed E-state index contributed by atoms with van der Waals surface area (Å²) in [6, 6.07) is 10.2. The molecule has 1 aromatic rings. The first-order chi connectivity index (χ1) is 8.63. The maximum absolute atomic E-state index is 11.9. The van der Waals surface area contributed by atoms with E-state index in [2.05, 4.69) is 31.3 Å². The molecule has 0 saturated heterocycles. The van der Waals surface area contributed by atoms with Crippen molar-refractivity contribution in [2.75, 3.05) is 13.1 Å². The van der Waals surface area contributed by atoms with Crippen molar-refractivity contribution < 1.29 is 4.79 Å². The summed E-state index contributed by atoms with van der Waals surface area (Å²) in [4.78, 5) is 11.9. The second-order valence-corrected chi connectivity index (χ2v) is 5.09. The van der Waals surface area contributed by atoms with Gasteiger partial charge >= 0.3 is 0 Å². The van der Waals surface area contributed by atoms with Gasteiger partial charge < -0.3 is 11.1 Å². The van der Waals surface area contributed by atoms with E-state index in [1.54, 1.807) is 0 Å². The number of hydrogen-bond donors (Lipinski definition) is 2. The maximum Gasteiger partial charge on any atom is 0.224 e. The van der Waals surface area contributed by atoms with E-state index in [9.17, 15) is 4.79 Å². The number of nitrogens with one attached hydrogen (secondary N) is 1. The third-order valence-electron chi connectivity index (χ3n) is 2.97. The molecule has 0 aliphatic rings. The van der Waals surface area contributed by atoms with Crippen LogP contribution in [-0.4, -0.2) is 19.0 Å². The SMILES string of the molecule is CC(C)CC(CN)C(=O)NCCc1ccccc1. The van der Waals surface area contributed by atoms with Gasteiger partial charge in [0.2, 0.25) is 5.91 Å². The molecule has 0 heterocycles. The molecule has 100 valence electrons. The molecule has 0 saturated carbocycles. The van der Waals surface area contributed by atoms with Gasteiger partial charge in [-0.1, -0.05) is 44.2 Å². The Hall–Kier alpha value is -1.35. The number of carbonyl (C=O) groups excluding carboxylic acids is 1. The number of rotatable bonds is 7. The number of hydrogen-bond acceptors (Lipinski definition) is 2. The van der Waals surface area contributed by atoms with Crippen LogP contribution in [0.1, 0.15) is 25.8 Å². The first kappa shape index (κ1) is 14.7. The van der Waals surface area contributed by atoms with E-state index in [0.29, 0.717) is 19.0 Å². The maximum atomic E-state index is 11.9. The first-order valence-electron chi connectivity index (χ1n) is 6.65. The van der Waals surface area contributed by atoms with Crippen LogP contribution in [0.15, 0.2) is 30.3 Å². The Balaban J connectivity index is 2.31. The second kappa shape index (κ2) is 7.88. The zero-order valence-corrected chi connectivity index (χ0v) is 11.4. The van der Waals surface area contributed by atoms with E-state index in [1.807, 2.05) is 18.2 Å². The molecule has 0 bridgehead atoms. The standard InChI is InChI=1S/C15H24N2O/c1-12(2)10-14(11-16)15(18)17-9-8-13-6-4-3-5-7-13/h3-7,12,14H,8-11,16H2,1-2H3,(H,17,18). The molecule has 3 nitrogen and oxygen atoms in total. The highest BCUT2D eigenvalue weighted by Crippen LogP contribution is 2.10. The second-order valence-electron chi connectivity index (χ2n) is 5.09. The topological polar surface area (TPSA) is 55.1 Å². The fourth-order valence-corrected chi connectivity index (χ4v) is 2.00. The lowest BCUT2D eigenvalue weighted by Gasteiger charge is -2.16. The molecule has 1 aromatic carbocycles. The zero-order chi connectivity index (χ0) is 13.4. The third kappa shape index (κ3) is 5.32. The Bertz CT molecular complexity index is 349. The van der Waals surface area contributed by atoms with Crippen molar-refractivity contribution in [3.05, 3.63) is 35.9 Å². The van der Waals surface area contributed by atoms with Crippen molar-refractivity contribution in [3.63, 3.8) is 0 Å². The number of carbonyl (C=O) groups is 1. The zero-order valence-electron chi connectivity index (χ0n) is 11.4. The fraction of sp³-hybridized carbons (Fsp3) is 0.533. The van der Waals surface area contributed by atoms with Gasteiger partial charge in [-0.3, -0.25) is 4.79 Å². The molecule has 0 aliphatic carbocycles. The van der Waals surface area contributed by atoms with Gasteiger partial charge in [0.15, 0.2) is 0 Å². The molecule has 0 aromatic heterocycles. The predicted molar refractivity (Wildman–Crippen MR) is 75.2 cm³/mol. The average molecular weight is 248 g/mol. The monoisotopic (exact) mass is 248 g/mol. The van der Waals surface area contributed by atoms with Crippen LogP contribution in [0.3, 0.4) is 0 Å². The summed E-state index contributed by atoms with van der Waals surface area (Å²) >= 11 is 0. The normalized spacial score (nSPS) is 12.4. The largest absolute Gasteiger partial charge is 0.355 e. The van der Waals surface area contributed by atoms with Crippen molar-refractivity contribution in [3.8, 4) is 0 Å². The summed E-state index contributed by atoms with van der Waals surface area (Å²) in [5.74, 6) is 0.529. The van der Waals surface area contributed by atoms with E-state index in [4.69, 9.17) is 5.73 Å². The molecule has 0 fully saturated rings. The molecular formula is C15H24N2O. The highest BCUT2D eigenvalue weighted by atomic mass is 16.1.